The fourth-order valence-electron chi connectivity index (χ4n) is 4.10. The zero-order chi connectivity index (χ0) is 25.0. The van der Waals surface area contributed by atoms with Gasteiger partial charge in [-0.05, 0) is 66.0 Å². The maximum atomic E-state index is 15.2. The van der Waals surface area contributed by atoms with Gasteiger partial charge in [0.05, 0.1) is 5.56 Å². The van der Waals surface area contributed by atoms with Gasteiger partial charge in [-0.2, -0.15) is 13.2 Å². The normalized spacial score (nSPS) is 11.8. The average Bonchev–Trinajstić information content (AvgIpc) is 2.83. The molecule has 0 atom stereocenters. The first-order valence-electron chi connectivity index (χ1n) is 11.6. The minimum absolute atomic E-state index is 0.216. The smallest absolute Gasteiger partial charge is 0.236 e. The Kier molecular flexibility index (Phi) is 7.43. The molecule has 0 N–H and O–H groups in total. The number of hydrogen-bond acceptors (Lipinski definition) is 2. The highest BCUT2D eigenvalue weighted by molar-refractivity contribution is 5.87. The monoisotopic (exact) mass is 484 g/mol. The van der Waals surface area contributed by atoms with E-state index in [0.29, 0.717) is 27.7 Å². The Balaban J connectivity index is 1.49. The SMILES string of the molecule is CCCCCc1cnc(-c2ccc3c(F)c(CCc4ccc(C(F)(F)F)c(F)c4)ccc3c2)nc1. The molecule has 4 rings (SSSR count). The molecule has 0 saturated heterocycles. The number of benzene rings is 3. The summed E-state index contributed by atoms with van der Waals surface area (Å²) < 4.78 is 67.2. The van der Waals surface area contributed by atoms with Crippen molar-refractivity contribution < 1.29 is 22.0 Å². The summed E-state index contributed by atoms with van der Waals surface area (Å²) in [5.74, 6) is -1.15. The zero-order valence-electron chi connectivity index (χ0n) is 19.3. The molecule has 0 spiro atoms. The standard InChI is InChI=1S/C28H25F5N2/c1-2-3-4-5-19-16-34-27(35-17-19)22-11-12-23-21(15-22)10-9-20(26(23)30)8-6-18-7-13-24(25(29)14-18)28(31,32)33/h7,9-17H,2-6,8H2,1H3. The number of halogens is 5. The summed E-state index contributed by atoms with van der Waals surface area (Å²) in [4.78, 5) is 8.92. The summed E-state index contributed by atoms with van der Waals surface area (Å²) in [7, 11) is 0. The van der Waals surface area contributed by atoms with Crippen molar-refractivity contribution in [2.24, 2.45) is 0 Å². The van der Waals surface area contributed by atoms with Crippen LogP contribution in [0.1, 0.15) is 48.4 Å². The summed E-state index contributed by atoms with van der Waals surface area (Å²) in [6.45, 7) is 2.16. The lowest BCUT2D eigenvalue weighted by Crippen LogP contribution is -2.08. The van der Waals surface area contributed by atoms with E-state index in [9.17, 15) is 17.6 Å². The quantitative estimate of drug-likeness (QED) is 0.186. The molecule has 35 heavy (non-hydrogen) atoms. The van der Waals surface area contributed by atoms with E-state index in [0.717, 1.165) is 42.5 Å². The molecule has 0 amide bonds. The number of hydrogen-bond donors (Lipinski definition) is 0. The largest absolute Gasteiger partial charge is 0.419 e. The summed E-state index contributed by atoms with van der Waals surface area (Å²) >= 11 is 0. The number of nitrogens with zero attached hydrogens (tertiary/aromatic N) is 2. The molecule has 2 nitrogen and oxygen atoms in total. The Bertz CT molecular complexity index is 1310. The second-order valence-corrected chi connectivity index (χ2v) is 8.66. The summed E-state index contributed by atoms with van der Waals surface area (Å²) in [5, 5.41) is 1.13. The number of unbranched alkanes of at least 4 members (excludes halogenated alkanes) is 2. The van der Waals surface area contributed by atoms with Crippen LogP contribution in [0.3, 0.4) is 0 Å². The van der Waals surface area contributed by atoms with E-state index in [1.807, 2.05) is 18.5 Å². The first kappa shape index (κ1) is 24.8. The number of rotatable bonds is 8. The van der Waals surface area contributed by atoms with Gasteiger partial charge >= 0.3 is 6.18 Å². The lowest BCUT2D eigenvalue weighted by molar-refractivity contribution is -0.140. The fraction of sp³-hybridized carbons (Fsp3) is 0.286. The van der Waals surface area contributed by atoms with Gasteiger partial charge in [0.15, 0.2) is 5.82 Å². The van der Waals surface area contributed by atoms with E-state index in [1.165, 1.54) is 12.5 Å². The summed E-state index contributed by atoms with van der Waals surface area (Å²) in [6.07, 6.45) is 3.73. The molecule has 1 aromatic heterocycles. The molecule has 0 bridgehead atoms. The van der Waals surface area contributed by atoms with Gasteiger partial charge < -0.3 is 0 Å². The van der Waals surface area contributed by atoms with Crippen LogP contribution >= 0.6 is 0 Å². The van der Waals surface area contributed by atoms with E-state index in [-0.39, 0.29) is 12.8 Å². The minimum Gasteiger partial charge on any atom is -0.236 e. The number of aryl methyl sites for hydroxylation is 3. The van der Waals surface area contributed by atoms with E-state index in [4.69, 9.17) is 0 Å². The maximum absolute atomic E-state index is 15.2. The second kappa shape index (κ2) is 10.5. The van der Waals surface area contributed by atoms with Crippen LogP contribution in [-0.2, 0) is 25.4 Å². The van der Waals surface area contributed by atoms with Crippen molar-refractivity contribution in [3.63, 3.8) is 0 Å². The molecule has 0 saturated carbocycles. The van der Waals surface area contributed by atoms with Gasteiger partial charge in [0.25, 0.3) is 0 Å². The van der Waals surface area contributed by atoms with E-state index >= 15 is 4.39 Å². The molecule has 4 aromatic rings. The van der Waals surface area contributed by atoms with Crippen molar-refractivity contribution >= 4 is 10.8 Å². The molecule has 0 unspecified atom stereocenters. The maximum Gasteiger partial charge on any atom is 0.419 e. The lowest BCUT2D eigenvalue weighted by Gasteiger charge is -2.11. The molecule has 0 aliphatic carbocycles. The van der Waals surface area contributed by atoms with Crippen molar-refractivity contribution in [2.75, 3.05) is 0 Å². The van der Waals surface area contributed by atoms with E-state index in [2.05, 4.69) is 16.9 Å². The van der Waals surface area contributed by atoms with Crippen LogP contribution in [0.4, 0.5) is 22.0 Å². The molecular weight excluding hydrogens is 459 g/mol. The van der Waals surface area contributed by atoms with Crippen LogP contribution < -0.4 is 0 Å². The van der Waals surface area contributed by atoms with Crippen molar-refractivity contribution in [3.8, 4) is 11.4 Å². The molecule has 0 aliphatic heterocycles. The number of fused-ring (bicyclic) bond motifs is 1. The fourth-order valence-corrected chi connectivity index (χ4v) is 4.10. The Morgan fingerprint density at radius 1 is 0.771 bits per heavy atom. The van der Waals surface area contributed by atoms with Crippen LogP contribution in [0, 0.1) is 11.6 Å². The highest BCUT2D eigenvalue weighted by Crippen LogP contribution is 2.32. The molecule has 182 valence electrons. The number of alkyl halides is 3. The molecular formula is C28H25F5N2. The van der Waals surface area contributed by atoms with Gasteiger partial charge in [0, 0.05) is 23.3 Å². The van der Waals surface area contributed by atoms with E-state index in [1.54, 1.807) is 24.3 Å². The summed E-state index contributed by atoms with van der Waals surface area (Å²) in [5.41, 5.74) is 1.36. The van der Waals surface area contributed by atoms with Crippen LogP contribution in [0.2, 0.25) is 0 Å². The van der Waals surface area contributed by atoms with Crippen LogP contribution in [0.15, 0.2) is 60.9 Å². The first-order chi connectivity index (χ1) is 16.8. The average molecular weight is 485 g/mol. The Morgan fingerprint density at radius 3 is 2.23 bits per heavy atom. The highest BCUT2D eigenvalue weighted by Gasteiger charge is 2.33. The minimum atomic E-state index is -4.74. The molecule has 1 heterocycles. The second-order valence-electron chi connectivity index (χ2n) is 8.66. The molecule has 0 radical (unpaired) electrons. The van der Waals surface area contributed by atoms with Gasteiger partial charge in [0.2, 0.25) is 0 Å². The Labute approximate surface area is 200 Å². The van der Waals surface area contributed by atoms with Crippen LogP contribution in [0.5, 0.6) is 0 Å². The van der Waals surface area contributed by atoms with Crippen molar-refractivity contribution in [3.05, 3.63) is 94.8 Å². The molecule has 7 heteroatoms. The van der Waals surface area contributed by atoms with Crippen molar-refractivity contribution in [1.82, 2.24) is 9.97 Å². The third-order valence-electron chi connectivity index (χ3n) is 6.09. The summed E-state index contributed by atoms with van der Waals surface area (Å²) in [6, 6.07) is 11.5. The predicted octanol–water partition coefficient (Wildman–Crippen LogP) is 8.11. The van der Waals surface area contributed by atoms with Gasteiger partial charge in [-0.25, -0.2) is 18.7 Å². The van der Waals surface area contributed by atoms with Crippen molar-refractivity contribution in [2.45, 2.75) is 51.6 Å². The van der Waals surface area contributed by atoms with Crippen molar-refractivity contribution in [1.29, 1.82) is 0 Å². The first-order valence-corrected chi connectivity index (χ1v) is 11.6. The Morgan fingerprint density at radius 2 is 1.54 bits per heavy atom. The molecule has 0 fully saturated rings. The van der Waals surface area contributed by atoms with Gasteiger partial charge in [0.1, 0.15) is 11.6 Å². The van der Waals surface area contributed by atoms with Gasteiger partial charge in [-0.15, -0.1) is 0 Å². The molecule has 3 aromatic carbocycles. The van der Waals surface area contributed by atoms with Crippen LogP contribution in [-0.4, -0.2) is 9.97 Å². The van der Waals surface area contributed by atoms with Crippen LogP contribution in [0.25, 0.3) is 22.2 Å². The van der Waals surface area contributed by atoms with Gasteiger partial charge in [-0.1, -0.05) is 50.1 Å². The third kappa shape index (κ3) is 5.84. The zero-order valence-corrected chi connectivity index (χ0v) is 19.3. The Hall–Kier alpha value is -3.35. The van der Waals surface area contributed by atoms with E-state index < -0.39 is 23.4 Å². The number of aromatic nitrogens is 2. The third-order valence-corrected chi connectivity index (χ3v) is 6.09. The van der Waals surface area contributed by atoms with Gasteiger partial charge in [-0.3, -0.25) is 0 Å². The highest BCUT2D eigenvalue weighted by atomic mass is 19.4. The molecule has 0 aliphatic rings. The predicted molar refractivity (Wildman–Crippen MR) is 127 cm³/mol. The topological polar surface area (TPSA) is 25.8 Å². The lowest BCUT2D eigenvalue weighted by atomic mass is 9.98.